The molecule has 4 aromatic rings. The summed E-state index contributed by atoms with van der Waals surface area (Å²) >= 11 is 0. The first-order valence-electron chi connectivity index (χ1n) is 10.5. The van der Waals surface area contributed by atoms with Gasteiger partial charge in [-0.05, 0) is 62.8 Å². The Bertz CT molecular complexity index is 1120. The van der Waals surface area contributed by atoms with Gasteiger partial charge in [-0.25, -0.2) is 9.67 Å². The highest BCUT2D eigenvalue weighted by molar-refractivity contribution is 5.91. The number of aromatic nitrogens is 7. The SMILES string of the molecule is CC(C)c1ccc2c(-c3ccc(OCCCN(C)C)cc3)nn(Cc3nn[nH]n3)c2n1. The largest absolute Gasteiger partial charge is 0.494 e. The van der Waals surface area contributed by atoms with Gasteiger partial charge in [-0.3, -0.25) is 0 Å². The Hall–Kier alpha value is -3.33. The Balaban J connectivity index is 1.62. The van der Waals surface area contributed by atoms with Crippen molar-refractivity contribution in [1.29, 1.82) is 0 Å². The number of nitrogens with one attached hydrogen (secondary N) is 1. The van der Waals surface area contributed by atoms with E-state index in [1.807, 2.05) is 28.9 Å². The lowest BCUT2D eigenvalue weighted by molar-refractivity contribution is 0.281. The Morgan fingerprint density at radius 3 is 2.58 bits per heavy atom. The van der Waals surface area contributed by atoms with Crippen LogP contribution < -0.4 is 4.74 Å². The van der Waals surface area contributed by atoms with Crippen LogP contribution in [0, 0.1) is 0 Å². The number of nitrogens with zero attached hydrogens (tertiary/aromatic N) is 7. The van der Waals surface area contributed by atoms with Gasteiger partial charge in [0.15, 0.2) is 11.5 Å². The van der Waals surface area contributed by atoms with E-state index in [9.17, 15) is 0 Å². The third-order valence-corrected chi connectivity index (χ3v) is 5.04. The maximum Gasteiger partial charge on any atom is 0.196 e. The molecule has 0 saturated heterocycles. The van der Waals surface area contributed by atoms with Gasteiger partial charge in [0, 0.05) is 23.2 Å². The molecule has 4 rings (SSSR count). The second-order valence-electron chi connectivity index (χ2n) is 8.13. The molecule has 3 aromatic heterocycles. The van der Waals surface area contributed by atoms with E-state index in [2.05, 4.69) is 65.6 Å². The number of aromatic amines is 1. The lowest BCUT2D eigenvalue weighted by atomic mass is 10.1. The summed E-state index contributed by atoms with van der Waals surface area (Å²) in [5.74, 6) is 1.75. The molecule has 0 aliphatic carbocycles. The summed E-state index contributed by atoms with van der Waals surface area (Å²) in [7, 11) is 4.13. The van der Waals surface area contributed by atoms with Crippen molar-refractivity contribution in [2.45, 2.75) is 32.7 Å². The van der Waals surface area contributed by atoms with Crippen LogP contribution in [0.3, 0.4) is 0 Å². The van der Waals surface area contributed by atoms with Crippen molar-refractivity contribution in [3.05, 3.63) is 47.9 Å². The summed E-state index contributed by atoms with van der Waals surface area (Å²) in [4.78, 5) is 7.02. The van der Waals surface area contributed by atoms with E-state index in [-0.39, 0.29) is 0 Å². The molecule has 9 nitrogen and oxygen atoms in total. The van der Waals surface area contributed by atoms with Gasteiger partial charge in [0.25, 0.3) is 0 Å². The fourth-order valence-corrected chi connectivity index (χ4v) is 3.37. The van der Waals surface area contributed by atoms with E-state index in [1.165, 1.54) is 0 Å². The number of rotatable bonds is 9. The zero-order valence-electron chi connectivity index (χ0n) is 18.4. The average Bonchev–Trinajstić information content (AvgIpc) is 3.40. The van der Waals surface area contributed by atoms with Crippen LogP contribution >= 0.6 is 0 Å². The molecule has 1 N–H and O–H groups in total. The zero-order valence-corrected chi connectivity index (χ0v) is 18.4. The number of hydrogen-bond acceptors (Lipinski definition) is 7. The van der Waals surface area contributed by atoms with E-state index in [0.717, 1.165) is 46.7 Å². The first-order valence-corrected chi connectivity index (χ1v) is 10.5. The number of pyridine rings is 1. The molecular weight excluding hydrogens is 392 g/mol. The number of fused-ring (bicyclic) bond motifs is 1. The topological polar surface area (TPSA) is 97.6 Å². The molecule has 31 heavy (non-hydrogen) atoms. The average molecular weight is 421 g/mol. The first-order chi connectivity index (χ1) is 15.0. The number of benzene rings is 1. The van der Waals surface area contributed by atoms with Gasteiger partial charge in [-0.1, -0.05) is 19.1 Å². The zero-order chi connectivity index (χ0) is 21.8. The highest BCUT2D eigenvalue weighted by Crippen LogP contribution is 2.30. The van der Waals surface area contributed by atoms with Crippen LogP contribution in [0.4, 0.5) is 0 Å². The Kier molecular flexibility index (Phi) is 6.22. The van der Waals surface area contributed by atoms with Crippen LogP contribution in [0.25, 0.3) is 22.3 Å². The molecule has 0 aliphatic rings. The van der Waals surface area contributed by atoms with Crippen molar-refractivity contribution in [3.8, 4) is 17.0 Å². The van der Waals surface area contributed by atoms with Gasteiger partial charge in [0.1, 0.15) is 18.0 Å². The van der Waals surface area contributed by atoms with E-state index >= 15 is 0 Å². The van der Waals surface area contributed by atoms with Crippen LogP contribution in [0.5, 0.6) is 5.75 Å². The molecule has 3 heterocycles. The number of H-pyrrole nitrogens is 1. The molecule has 0 spiro atoms. The number of hydrogen-bond donors (Lipinski definition) is 1. The second kappa shape index (κ2) is 9.22. The van der Waals surface area contributed by atoms with E-state index in [0.29, 0.717) is 24.9 Å². The van der Waals surface area contributed by atoms with Crippen molar-refractivity contribution in [1.82, 2.24) is 40.3 Å². The Morgan fingerprint density at radius 2 is 1.90 bits per heavy atom. The normalized spacial score (nSPS) is 11.7. The van der Waals surface area contributed by atoms with Crippen molar-refractivity contribution in [2.75, 3.05) is 27.2 Å². The molecular formula is C22H28N8O. The monoisotopic (exact) mass is 420 g/mol. The Morgan fingerprint density at radius 1 is 1.10 bits per heavy atom. The highest BCUT2D eigenvalue weighted by atomic mass is 16.5. The minimum atomic E-state index is 0.324. The fraction of sp³-hybridized carbons (Fsp3) is 0.409. The first kappa shape index (κ1) is 20.9. The predicted octanol–water partition coefficient (Wildman–Crippen LogP) is 3.11. The summed E-state index contributed by atoms with van der Waals surface area (Å²) in [5, 5.41) is 20.1. The van der Waals surface area contributed by atoms with Gasteiger partial charge in [-0.2, -0.15) is 10.3 Å². The summed E-state index contributed by atoms with van der Waals surface area (Å²) in [6.45, 7) is 6.36. The molecule has 0 saturated carbocycles. The van der Waals surface area contributed by atoms with Crippen LogP contribution in [0.15, 0.2) is 36.4 Å². The molecule has 0 radical (unpaired) electrons. The summed E-state index contributed by atoms with van der Waals surface area (Å²) in [6, 6.07) is 12.2. The lowest BCUT2D eigenvalue weighted by Gasteiger charge is -2.10. The molecule has 0 atom stereocenters. The van der Waals surface area contributed by atoms with Gasteiger partial charge in [-0.15, -0.1) is 10.2 Å². The quantitative estimate of drug-likeness (QED) is 0.416. The van der Waals surface area contributed by atoms with Gasteiger partial charge in [0.05, 0.1) is 6.61 Å². The molecule has 162 valence electrons. The molecule has 0 fully saturated rings. The number of ether oxygens (including phenoxy) is 1. The minimum Gasteiger partial charge on any atom is -0.494 e. The third kappa shape index (κ3) is 4.88. The molecule has 0 bridgehead atoms. The van der Waals surface area contributed by atoms with Crippen molar-refractivity contribution in [3.63, 3.8) is 0 Å². The summed E-state index contributed by atoms with van der Waals surface area (Å²) in [6.07, 6.45) is 0.990. The molecule has 0 unspecified atom stereocenters. The minimum absolute atomic E-state index is 0.324. The van der Waals surface area contributed by atoms with Crippen LogP contribution in [0.2, 0.25) is 0 Å². The van der Waals surface area contributed by atoms with Crippen LogP contribution in [-0.2, 0) is 6.54 Å². The smallest absolute Gasteiger partial charge is 0.196 e. The third-order valence-electron chi connectivity index (χ3n) is 5.04. The molecule has 9 heteroatoms. The lowest BCUT2D eigenvalue weighted by Crippen LogP contribution is -2.15. The fourth-order valence-electron chi connectivity index (χ4n) is 3.37. The number of tetrazole rings is 1. The van der Waals surface area contributed by atoms with Gasteiger partial charge in [0.2, 0.25) is 0 Å². The molecule has 1 aromatic carbocycles. The van der Waals surface area contributed by atoms with Crippen LogP contribution in [0.1, 0.15) is 37.7 Å². The van der Waals surface area contributed by atoms with E-state index in [1.54, 1.807) is 0 Å². The van der Waals surface area contributed by atoms with Crippen molar-refractivity contribution in [2.24, 2.45) is 0 Å². The van der Waals surface area contributed by atoms with Gasteiger partial charge < -0.3 is 9.64 Å². The van der Waals surface area contributed by atoms with Gasteiger partial charge >= 0.3 is 0 Å². The standard InChI is InChI=1S/C22H28N8O/c1-15(2)19-11-10-18-21(26-30(22(18)23-19)14-20-24-27-28-25-20)16-6-8-17(9-7-16)31-13-5-12-29(3)4/h6-11,15H,5,12-14H2,1-4H3,(H,24,25,27,28). The summed E-state index contributed by atoms with van der Waals surface area (Å²) < 4.78 is 7.70. The maximum atomic E-state index is 5.86. The predicted molar refractivity (Wildman–Crippen MR) is 119 cm³/mol. The maximum absolute atomic E-state index is 5.86. The second-order valence-corrected chi connectivity index (χ2v) is 8.13. The van der Waals surface area contributed by atoms with E-state index < -0.39 is 0 Å². The Labute approximate surface area is 181 Å². The molecule has 0 amide bonds. The highest BCUT2D eigenvalue weighted by Gasteiger charge is 2.16. The molecule has 0 aliphatic heterocycles. The van der Waals surface area contributed by atoms with Crippen molar-refractivity contribution < 1.29 is 4.74 Å². The van der Waals surface area contributed by atoms with E-state index in [4.69, 9.17) is 14.8 Å². The van der Waals surface area contributed by atoms with Crippen molar-refractivity contribution >= 4 is 11.0 Å². The summed E-state index contributed by atoms with van der Waals surface area (Å²) in [5.41, 5.74) is 3.72. The van der Waals surface area contributed by atoms with Crippen LogP contribution in [-0.4, -0.2) is 67.5 Å².